The second kappa shape index (κ2) is 14.0. The van der Waals surface area contributed by atoms with Crippen molar-refractivity contribution in [2.45, 2.75) is 159 Å². The van der Waals surface area contributed by atoms with E-state index in [0.717, 1.165) is 56.9 Å². The van der Waals surface area contributed by atoms with Gasteiger partial charge in [-0.25, -0.2) is 0 Å². The Balaban J connectivity index is 1.46. The predicted octanol–water partition coefficient (Wildman–Crippen LogP) is 7.54. The van der Waals surface area contributed by atoms with Crippen molar-refractivity contribution in [1.29, 1.82) is 0 Å². The van der Waals surface area contributed by atoms with E-state index in [4.69, 9.17) is 4.74 Å². The van der Waals surface area contributed by atoms with Crippen molar-refractivity contribution in [3.05, 3.63) is 11.1 Å². The molecule has 300 valence electrons. The number of ketones is 1. The van der Waals surface area contributed by atoms with E-state index in [1.54, 1.807) is 13.8 Å². The molecule has 2 N–H and O–H groups in total. The monoisotopic (exact) mass is 741 g/mol. The Bertz CT molecular complexity index is 1510. The van der Waals surface area contributed by atoms with Crippen LogP contribution >= 0.6 is 0 Å². The number of esters is 1. The second-order valence-electron chi connectivity index (χ2n) is 21.0. The summed E-state index contributed by atoms with van der Waals surface area (Å²) in [5.41, 5.74) is 0.0331. The largest absolute Gasteiger partial charge is 0.481 e. The zero-order valence-electron chi connectivity index (χ0n) is 35.4. The number of carboxylic acids is 1. The number of fused-ring (bicyclic) bond motifs is 7. The number of aliphatic carboxylic acids is 1. The van der Waals surface area contributed by atoms with Gasteiger partial charge < -0.3 is 24.7 Å². The molecule has 9 atom stereocenters. The normalized spacial score (nSPS) is 37.2. The van der Waals surface area contributed by atoms with E-state index in [1.807, 2.05) is 37.7 Å². The minimum atomic E-state index is -1.18. The number of rotatable bonds is 11. The van der Waals surface area contributed by atoms with E-state index in [1.165, 1.54) is 5.57 Å². The van der Waals surface area contributed by atoms with Crippen LogP contribution in [-0.2, 0) is 23.9 Å². The van der Waals surface area contributed by atoms with Gasteiger partial charge in [0.2, 0.25) is 5.91 Å². The molecule has 5 aliphatic carbocycles. The Labute approximate surface area is 320 Å². The van der Waals surface area contributed by atoms with Crippen LogP contribution in [0.5, 0.6) is 0 Å². The first-order valence-corrected chi connectivity index (χ1v) is 20.6. The van der Waals surface area contributed by atoms with Gasteiger partial charge in [0, 0.05) is 29.8 Å². The number of likely N-dealkylation sites (N-methyl/N-ethyl adjacent to an activating group) is 1. The molecule has 9 heteroatoms. The van der Waals surface area contributed by atoms with Crippen molar-refractivity contribution < 1.29 is 34.1 Å². The predicted molar refractivity (Wildman–Crippen MR) is 207 cm³/mol. The van der Waals surface area contributed by atoms with Crippen LogP contribution in [-0.4, -0.2) is 89.1 Å². The number of aliphatic hydroxyl groups is 1. The van der Waals surface area contributed by atoms with Gasteiger partial charge in [0.25, 0.3) is 0 Å². The fourth-order valence-corrected chi connectivity index (χ4v) is 13.2. The summed E-state index contributed by atoms with van der Waals surface area (Å²) >= 11 is 0. The molecule has 0 heterocycles. The van der Waals surface area contributed by atoms with Crippen molar-refractivity contribution in [3.8, 4) is 0 Å². The van der Waals surface area contributed by atoms with Gasteiger partial charge in [-0.3, -0.25) is 19.2 Å². The first kappa shape index (κ1) is 41.9. The van der Waals surface area contributed by atoms with E-state index < -0.39 is 28.9 Å². The van der Waals surface area contributed by atoms with Crippen molar-refractivity contribution in [1.82, 2.24) is 9.80 Å². The fraction of sp³-hybridized carbons (Fsp3) is 0.864. The van der Waals surface area contributed by atoms with E-state index in [2.05, 4.69) is 48.5 Å². The Morgan fingerprint density at radius 3 is 2.09 bits per heavy atom. The number of ether oxygens (including phenoxy) is 1. The van der Waals surface area contributed by atoms with Crippen molar-refractivity contribution in [2.24, 2.45) is 56.2 Å². The maximum absolute atomic E-state index is 14.1. The first-order chi connectivity index (χ1) is 24.3. The van der Waals surface area contributed by atoms with Gasteiger partial charge in [-0.1, -0.05) is 54.0 Å². The van der Waals surface area contributed by atoms with Gasteiger partial charge in [-0.15, -0.1) is 0 Å². The molecule has 5 aliphatic rings. The van der Waals surface area contributed by atoms with Crippen LogP contribution in [0.3, 0.4) is 0 Å². The standard InChI is InChI=1S/C44H72N2O7/c1-26(2)36-29(47)22-44(32(48)24-46(27(3)4)34(49)25-45(12)13)21-20-42(10)28(37(36)44)14-15-31-41(9)18-17-33(53-35(50)23-39(5,6)38(51)52)40(7,8)30(41)16-19-43(31,42)11/h26-28,30-33,48H,14-25H2,1-13H3,(H,51,52)/t28-,30+,31-,32+,33-,41+,42-,43-,44+/m1/s1. The number of nitrogens with zero attached hydrogens (tertiary/aromatic N) is 2. The topological polar surface area (TPSA) is 124 Å². The Hall–Kier alpha value is -2.26. The molecule has 0 spiro atoms. The molecule has 1 amide bonds. The second-order valence-corrected chi connectivity index (χ2v) is 21.0. The average molecular weight is 741 g/mol. The van der Waals surface area contributed by atoms with Crippen LogP contribution in [0.1, 0.15) is 140 Å². The summed E-state index contributed by atoms with van der Waals surface area (Å²) in [6, 6.07) is -0.0683. The molecule has 5 rings (SSSR count). The van der Waals surface area contributed by atoms with Crippen LogP contribution in [0.15, 0.2) is 11.1 Å². The average Bonchev–Trinajstić information content (AvgIpc) is 3.34. The minimum Gasteiger partial charge on any atom is -0.481 e. The Kier molecular flexibility index (Phi) is 11.1. The molecule has 4 fully saturated rings. The number of carbonyl (C=O) groups is 4. The van der Waals surface area contributed by atoms with Gasteiger partial charge in [0.05, 0.1) is 24.5 Å². The number of Topliss-reactive ketones (excluding diaryl/α,β-unsaturated/α-hetero) is 1. The highest BCUT2D eigenvalue weighted by Gasteiger charge is 2.71. The summed E-state index contributed by atoms with van der Waals surface area (Å²) in [6.45, 7) is 24.0. The first-order valence-electron chi connectivity index (χ1n) is 20.6. The number of carboxylic acid groups (broad SMARTS) is 1. The molecule has 0 radical (unpaired) electrons. The highest BCUT2D eigenvalue weighted by atomic mass is 16.5. The lowest BCUT2D eigenvalue weighted by Gasteiger charge is -2.72. The molecule has 0 aromatic carbocycles. The van der Waals surface area contributed by atoms with Crippen LogP contribution in [0.4, 0.5) is 0 Å². The lowest BCUT2D eigenvalue weighted by Crippen LogP contribution is -2.66. The van der Waals surface area contributed by atoms with Crippen molar-refractivity contribution >= 4 is 23.6 Å². The molecule has 0 aromatic rings. The number of aliphatic hydroxyl groups excluding tert-OH is 1. The van der Waals surface area contributed by atoms with Gasteiger partial charge in [-0.2, -0.15) is 0 Å². The number of hydrogen-bond acceptors (Lipinski definition) is 7. The highest BCUT2D eigenvalue weighted by molar-refractivity contribution is 6.00. The van der Waals surface area contributed by atoms with Gasteiger partial charge in [0.15, 0.2) is 5.78 Å². The van der Waals surface area contributed by atoms with Crippen LogP contribution in [0.25, 0.3) is 0 Å². The zero-order chi connectivity index (χ0) is 39.9. The van der Waals surface area contributed by atoms with E-state index in [9.17, 15) is 29.4 Å². The molecule has 9 nitrogen and oxygen atoms in total. The number of carbonyl (C=O) groups excluding carboxylic acids is 3. The van der Waals surface area contributed by atoms with Gasteiger partial charge in [-0.05, 0) is 139 Å². The molecular formula is C44H72N2O7. The molecule has 0 aliphatic heterocycles. The van der Waals surface area contributed by atoms with E-state index in [-0.39, 0.29) is 76.8 Å². The Morgan fingerprint density at radius 1 is 0.887 bits per heavy atom. The smallest absolute Gasteiger partial charge is 0.309 e. The number of allylic oxidation sites excluding steroid dienone is 1. The maximum atomic E-state index is 14.1. The third kappa shape index (κ3) is 6.63. The minimum absolute atomic E-state index is 0.00503. The summed E-state index contributed by atoms with van der Waals surface area (Å²) in [4.78, 5) is 56.1. The summed E-state index contributed by atoms with van der Waals surface area (Å²) in [5.74, 6) is -0.215. The van der Waals surface area contributed by atoms with Crippen LogP contribution in [0, 0.1) is 56.2 Å². The molecule has 0 saturated heterocycles. The molecule has 0 bridgehead atoms. The maximum Gasteiger partial charge on any atom is 0.309 e. The summed E-state index contributed by atoms with van der Waals surface area (Å²) in [7, 11) is 3.77. The number of hydrogen-bond donors (Lipinski definition) is 2. The van der Waals surface area contributed by atoms with E-state index in [0.29, 0.717) is 18.3 Å². The van der Waals surface area contributed by atoms with Gasteiger partial charge >= 0.3 is 11.9 Å². The fourth-order valence-electron chi connectivity index (χ4n) is 13.2. The summed E-state index contributed by atoms with van der Waals surface area (Å²) in [6.07, 6.45) is 6.58. The quantitative estimate of drug-likeness (QED) is 0.208. The third-order valence-corrected chi connectivity index (χ3v) is 16.3. The van der Waals surface area contributed by atoms with Crippen LogP contribution < -0.4 is 0 Å². The molecule has 0 aromatic heterocycles. The molecule has 4 saturated carbocycles. The number of amides is 1. The van der Waals surface area contributed by atoms with Gasteiger partial charge in [0.1, 0.15) is 6.10 Å². The van der Waals surface area contributed by atoms with Crippen LogP contribution in [0.2, 0.25) is 0 Å². The zero-order valence-corrected chi connectivity index (χ0v) is 35.4. The molecular weight excluding hydrogens is 668 g/mol. The highest BCUT2D eigenvalue weighted by Crippen LogP contribution is 2.77. The SMILES string of the molecule is CC(C)C1=C2[C@H]3CC[C@@H]4[C@@]5(C)CC[C@@H](OC(=O)CC(C)(C)C(=O)O)C(C)(C)[C@@H]5CC[C@@]4(C)[C@]3(C)CC[C@@]2([C@@H](O)CN(C(=O)CN(C)C)C(C)C)CC1=O. The third-order valence-electron chi connectivity index (χ3n) is 16.3. The lowest BCUT2D eigenvalue weighted by molar-refractivity contribution is -0.235. The van der Waals surface area contributed by atoms with Crippen molar-refractivity contribution in [3.63, 3.8) is 0 Å². The Morgan fingerprint density at radius 2 is 1.53 bits per heavy atom. The summed E-state index contributed by atoms with van der Waals surface area (Å²) < 4.78 is 6.16. The molecule has 53 heavy (non-hydrogen) atoms. The van der Waals surface area contributed by atoms with E-state index >= 15 is 0 Å². The molecule has 0 unspecified atom stereocenters. The lowest BCUT2D eigenvalue weighted by atomic mass is 9.33. The summed E-state index contributed by atoms with van der Waals surface area (Å²) in [5, 5.41) is 22.0. The van der Waals surface area contributed by atoms with Crippen molar-refractivity contribution in [2.75, 3.05) is 27.2 Å².